The van der Waals surface area contributed by atoms with Crippen molar-refractivity contribution in [1.82, 2.24) is 15.6 Å². The summed E-state index contributed by atoms with van der Waals surface area (Å²) in [6.07, 6.45) is 5.10. The Labute approximate surface area is 171 Å². The van der Waals surface area contributed by atoms with Gasteiger partial charge in [0, 0.05) is 25.1 Å². The molecule has 3 unspecified atom stereocenters. The summed E-state index contributed by atoms with van der Waals surface area (Å²) in [6.45, 7) is 8.88. The van der Waals surface area contributed by atoms with Gasteiger partial charge in [0.1, 0.15) is 9.88 Å². The molecule has 0 aliphatic heterocycles. The lowest BCUT2D eigenvalue weighted by Gasteiger charge is -2.61. The Hall–Kier alpha value is -1.67. The number of ether oxygens (including phenoxy) is 2. The molecule has 2 aliphatic carbocycles. The van der Waals surface area contributed by atoms with Gasteiger partial charge in [0.25, 0.3) is 0 Å². The molecule has 28 heavy (non-hydrogen) atoms. The Bertz CT molecular complexity index is 729. The molecule has 0 saturated heterocycles. The molecule has 1 aromatic heterocycles. The zero-order valence-corrected chi connectivity index (χ0v) is 18.3. The molecule has 1 spiro atoms. The number of carbonyl (C=O) groups excluding carboxylic acids is 1. The van der Waals surface area contributed by atoms with E-state index < -0.39 is 0 Å². The van der Waals surface area contributed by atoms with Crippen LogP contribution in [0.2, 0.25) is 0 Å². The molecule has 1 heterocycles. The predicted octanol–water partition coefficient (Wildman–Crippen LogP) is 3.20. The minimum Gasteiger partial charge on any atom is -0.462 e. The maximum absolute atomic E-state index is 12.0. The van der Waals surface area contributed by atoms with E-state index >= 15 is 0 Å². The highest BCUT2D eigenvalue weighted by atomic mass is 32.1. The number of esters is 1. The fraction of sp³-hybridized carbons (Fsp3) is 0.750. The summed E-state index contributed by atoms with van der Waals surface area (Å²) in [5.74, 6) is 0.464. The van der Waals surface area contributed by atoms with E-state index in [4.69, 9.17) is 9.47 Å². The maximum atomic E-state index is 12.0. The van der Waals surface area contributed by atoms with Gasteiger partial charge < -0.3 is 20.1 Å². The summed E-state index contributed by atoms with van der Waals surface area (Å²) >= 11 is 1.38. The van der Waals surface area contributed by atoms with Crippen molar-refractivity contribution in [2.75, 3.05) is 20.3 Å². The molecule has 3 atom stereocenters. The number of thiazole rings is 1. The third-order valence-electron chi connectivity index (χ3n) is 5.97. The molecular weight excluding hydrogens is 376 g/mol. The number of aromatic nitrogens is 1. The first-order chi connectivity index (χ1) is 13.4. The van der Waals surface area contributed by atoms with Crippen molar-refractivity contribution in [2.24, 2.45) is 10.4 Å². The van der Waals surface area contributed by atoms with Crippen LogP contribution in [0.1, 0.15) is 72.9 Å². The molecule has 0 radical (unpaired) electrons. The third-order valence-corrected chi connectivity index (χ3v) is 7.29. The second kappa shape index (κ2) is 8.78. The number of hydrogen-bond donors (Lipinski definition) is 2. The largest absolute Gasteiger partial charge is 0.462 e. The molecule has 3 rings (SSSR count). The van der Waals surface area contributed by atoms with Crippen LogP contribution >= 0.6 is 11.3 Å². The minimum absolute atomic E-state index is 0.0572. The van der Waals surface area contributed by atoms with Crippen LogP contribution in [0.25, 0.3) is 0 Å². The van der Waals surface area contributed by atoms with Crippen molar-refractivity contribution < 1.29 is 14.3 Å². The Kier molecular flexibility index (Phi) is 6.60. The van der Waals surface area contributed by atoms with E-state index in [1.54, 1.807) is 14.0 Å². The van der Waals surface area contributed by atoms with Crippen LogP contribution in [-0.2, 0) is 9.47 Å². The maximum Gasteiger partial charge on any atom is 0.350 e. The van der Waals surface area contributed by atoms with Crippen molar-refractivity contribution in [1.29, 1.82) is 0 Å². The van der Waals surface area contributed by atoms with Crippen molar-refractivity contribution in [3.8, 4) is 0 Å². The monoisotopic (exact) mass is 408 g/mol. The highest BCUT2D eigenvalue weighted by molar-refractivity contribution is 7.13. The van der Waals surface area contributed by atoms with Gasteiger partial charge in [-0.05, 0) is 47.0 Å². The summed E-state index contributed by atoms with van der Waals surface area (Å²) < 4.78 is 11.1. The van der Waals surface area contributed by atoms with Crippen LogP contribution < -0.4 is 10.6 Å². The van der Waals surface area contributed by atoms with E-state index in [2.05, 4.69) is 27.5 Å². The highest BCUT2D eigenvalue weighted by Crippen LogP contribution is 2.57. The average molecular weight is 409 g/mol. The molecule has 7 nitrogen and oxygen atoms in total. The lowest BCUT2D eigenvalue weighted by molar-refractivity contribution is -0.168. The van der Waals surface area contributed by atoms with Crippen LogP contribution in [-0.4, -0.2) is 49.3 Å². The van der Waals surface area contributed by atoms with Crippen molar-refractivity contribution in [2.45, 2.75) is 71.6 Å². The molecule has 2 fully saturated rings. The quantitative estimate of drug-likeness (QED) is 0.409. The second-order valence-electron chi connectivity index (χ2n) is 7.59. The zero-order chi connectivity index (χ0) is 20.3. The van der Waals surface area contributed by atoms with Gasteiger partial charge in [0.05, 0.1) is 24.4 Å². The summed E-state index contributed by atoms with van der Waals surface area (Å²) in [5.41, 5.74) is 0.980. The van der Waals surface area contributed by atoms with E-state index in [0.29, 0.717) is 29.3 Å². The van der Waals surface area contributed by atoms with Gasteiger partial charge in [0.15, 0.2) is 5.96 Å². The fourth-order valence-corrected chi connectivity index (χ4v) is 5.19. The average Bonchev–Trinajstić information content (AvgIpc) is 3.00. The van der Waals surface area contributed by atoms with Crippen LogP contribution in [0.4, 0.5) is 0 Å². The Balaban J connectivity index is 1.61. The molecule has 2 saturated carbocycles. The van der Waals surface area contributed by atoms with Gasteiger partial charge in [-0.2, -0.15) is 0 Å². The summed E-state index contributed by atoms with van der Waals surface area (Å²) in [6, 6.07) is 0.336. The second-order valence-corrected chi connectivity index (χ2v) is 8.62. The lowest BCUT2D eigenvalue weighted by atomic mass is 9.51. The summed E-state index contributed by atoms with van der Waals surface area (Å²) in [7, 11) is 1.78. The molecule has 0 aromatic carbocycles. The zero-order valence-electron chi connectivity index (χ0n) is 17.5. The SMILES string of the molecule is CCOC(=O)c1sc(C(C)NC(=NC)NC2CC(OCC)C23CCC3)nc1C. The predicted molar refractivity (Wildman–Crippen MR) is 111 cm³/mol. The molecule has 0 bridgehead atoms. The van der Waals surface area contributed by atoms with Gasteiger partial charge in [0.2, 0.25) is 0 Å². The first kappa shape index (κ1) is 21.0. The Morgan fingerprint density at radius 2 is 2.14 bits per heavy atom. The number of nitrogens with zero attached hydrogens (tertiary/aromatic N) is 2. The van der Waals surface area contributed by atoms with Crippen molar-refractivity contribution >= 4 is 23.3 Å². The normalized spacial score (nSPS) is 24.2. The molecule has 8 heteroatoms. The molecule has 2 aliphatic rings. The van der Waals surface area contributed by atoms with Gasteiger partial charge in [-0.3, -0.25) is 4.99 Å². The number of aliphatic imine (C=N–C) groups is 1. The van der Waals surface area contributed by atoms with E-state index in [0.717, 1.165) is 24.0 Å². The number of nitrogens with one attached hydrogen (secondary N) is 2. The van der Waals surface area contributed by atoms with E-state index in [1.165, 1.54) is 30.6 Å². The number of rotatable bonds is 7. The number of carbonyl (C=O) groups is 1. The van der Waals surface area contributed by atoms with Crippen LogP contribution in [0.5, 0.6) is 0 Å². The third kappa shape index (κ3) is 3.89. The molecular formula is C20H32N4O3S. The van der Waals surface area contributed by atoms with E-state index in [-0.39, 0.29) is 17.4 Å². The smallest absolute Gasteiger partial charge is 0.350 e. The van der Waals surface area contributed by atoms with Gasteiger partial charge >= 0.3 is 5.97 Å². The van der Waals surface area contributed by atoms with Gasteiger partial charge in [-0.25, -0.2) is 9.78 Å². The first-order valence-corrected chi connectivity index (χ1v) is 11.0. The van der Waals surface area contributed by atoms with Crippen LogP contribution in [0.15, 0.2) is 4.99 Å². The topological polar surface area (TPSA) is 84.8 Å². The molecule has 156 valence electrons. The minimum atomic E-state index is -0.304. The molecule has 2 N–H and O–H groups in total. The Morgan fingerprint density at radius 3 is 2.71 bits per heavy atom. The lowest BCUT2D eigenvalue weighted by Crippen LogP contribution is -2.68. The first-order valence-electron chi connectivity index (χ1n) is 10.2. The van der Waals surface area contributed by atoms with Crippen molar-refractivity contribution in [3.63, 3.8) is 0 Å². The molecule has 1 aromatic rings. The van der Waals surface area contributed by atoms with Crippen molar-refractivity contribution in [3.05, 3.63) is 15.6 Å². The van der Waals surface area contributed by atoms with E-state index in [9.17, 15) is 4.79 Å². The standard InChI is InChI=1S/C20H32N4O3S/c1-6-26-15-11-14(20(15)9-8-10-20)24-19(21-5)23-13(4)17-22-12(3)16(28-17)18(25)27-7-2/h13-15H,6-11H2,1-5H3,(H2,21,23,24). The number of hydrogen-bond acceptors (Lipinski definition) is 6. The number of guanidine groups is 1. The Morgan fingerprint density at radius 1 is 1.39 bits per heavy atom. The fourth-order valence-electron chi connectivity index (χ4n) is 4.23. The number of aryl methyl sites for hydroxylation is 1. The summed E-state index contributed by atoms with van der Waals surface area (Å²) in [5, 5.41) is 7.86. The van der Waals surface area contributed by atoms with E-state index in [1.807, 2.05) is 13.8 Å². The molecule has 0 amide bonds. The highest BCUT2D eigenvalue weighted by Gasteiger charge is 2.59. The van der Waals surface area contributed by atoms with Gasteiger partial charge in [-0.15, -0.1) is 11.3 Å². The van der Waals surface area contributed by atoms with Crippen LogP contribution in [0, 0.1) is 12.3 Å². The van der Waals surface area contributed by atoms with Crippen LogP contribution in [0.3, 0.4) is 0 Å². The summed E-state index contributed by atoms with van der Waals surface area (Å²) in [4.78, 5) is 21.6. The van der Waals surface area contributed by atoms with Gasteiger partial charge in [-0.1, -0.05) is 6.42 Å².